The first kappa shape index (κ1) is 22.8. The molecular weight excluding hydrogens is 458 g/mol. The Balaban J connectivity index is 1.39. The maximum atomic E-state index is 12.8. The highest BCUT2D eigenvalue weighted by molar-refractivity contribution is 8.00. The number of amides is 1. The number of fused-ring (bicyclic) bond motifs is 1. The molecule has 1 amide bonds. The summed E-state index contributed by atoms with van der Waals surface area (Å²) in [5.74, 6) is 1.55. The largest absolute Gasteiger partial charge is 0.306 e. The maximum absolute atomic E-state index is 12.8. The quantitative estimate of drug-likeness (QED) is 0.313. The number of carbonyl (C=O) groups excluding carboxylic acids is 1. The Kier molecular flexibility index (Phi) is 7.17. The number of carbonyl (C=O) groups is 1. The summed E-state index contributed by atoms with van der Waals surface area (Å²) in [7, 11) is 0. The van der Waals surface area contributed by atoms with Crippen molar-refractivity contribution >= 4 is 56.1 Å². The molecule has 0 saturated carbocycles. The molecule has 4 aromatic rings. The molecule has 0 radical (unpaired) electrons. The predicted molar refractivity (Wildman–Crippen MR) is 135 cm³/mol. The van der Waals surface area contributed by atoms with Gasteiger partial charge in [-0.2, -0.15) is 0 Å². The van der Waals surface area contributed by atoms with E-state index in [9.17, 15) is 4.79 Å². The molecule has 2 heterocycles. The first-order valence-electron chi connectivity index (χ1n) is 10.4. The van der Waals surface area contributed by atoms with Crippen LogP contribution in [0.1, 0.15) is 30.8 Å². The first-order valence-corrected chi connectivity index (χ1v) is 13.1. The molecule has 1 atom stereocenters. The van der Waals surface area contributed by atoms with E-state index in [1.54, 1.807) is 11.8 Å². The van der Waals surface area contributed by atoms with Crippen LogP contribution in [0, 0.1) is 13.8 Å². The number of anilines is 1. The highest BCUT2D eigenvalue weighted by Gasteiger charge is 2.21. The van der Waals surface area contributed by atoms with Crippen LogP contribution in [0.3, 0.4) is 0 Å². The fourth-order valence-corrected chi connectivity index (χ4v) is 5.85. The smallest absolute Gasteiger partial charge is 0.239 e. The van der Waals surface area contributed by atoms with Crippen molar-refractivity contribution in [2.24, 2.45) is 0 Å². The van der Waals surface area contributed by atoms with Gasteiger partial charge in [-0.25, -0.2) is 4.98 Å². The lowest BCUT2D eigenvalue weighted by molar-refractivity contribution is -0.115. The van der Waals surface area contributed by atoms with Gasteiger partial charge in [-0.15, -0.1) is 22.0 Å². The van der Waals surface area contributed by atoms with E-state index in [2.05, 4.69) is 69.2 Å². The number of aromatic nitrogens is 4. The third-order valence-electron chi connectivity index (χ3n) is 4.92. The lowest BCUT2D eigenvalue weighted by atomic mass is 10.2. The Labute approximate surface area is 200 Å². The summed E-state index contributed by atoms with van der Waals surface area (Å²) in [5, 5.41) is 12.7. The maximum Gasteiger partial charge on any atom is 0.239 e. The normalized spacial score (nSPS) is 12.2. The number of nitrogens with one attached hydrogen (secondary N) is 1. The van der Waals surface area contributed by atoms with Gasteiger partial charge in [0.2, 0.25) is 5.91 Å². The van der Waals surface area contributed by atoms with Crippen LogP contribution in [0.25, 0.3) is 10.2 Å². The minimum absolute atomic E-state index is 0.0907. The summed E-state index contributed by atoms with van der Waals surface area (Å²) in [6.07, 6.45) is 0. The molecule has 1 N–H and O–H groups in total. The number of thioether (sulfide) groups is 2. The van der Waals surface area contributed by atoms with Crippen molar-refractivity contribution in [3.8, 4) is 0 Å². The SMILES string of the molecule is CCn1c(CSc2ccc(C)cc2)nnc1SC(C)C(=O)Nc1nc2ccc(C)cc2s1. The predicted octanol–water partition coefficient (Wildman–Crippen LogP) is 5.94. The minimum Gasteiger partial charge on any atom is -0.306 e. The van der Waals surface area contributed by atoms with Gasteiger partial charge >= 0.3 is 0 Å². The number of hydrogen-bond donors (Lipinski definition) is 1. The highest BCUT2D eigenvalue weighted by atomic mass is 32.2. The van der Waals surface area contributed by atoms with Gasteiger partial charge in [-0.3, -0.25) is 4.79 Å². The Bertz CT molecular complexity index is 1230. The van der Waals surface area contributed by atoms with Crippen molar-refractivity contribution in [1.29, 1.82) is 0 Å². The van der Waals surface area contributed by atoms with E-state index >= 15 is 0 Å². The molecule has 0 aliphatic heterocycles. The van der Waals surface area contributed by atoms with E-state index in [1.807, 2.05) is 26.0 Å². The molecule has 0 saturated heterocycles. The van der Waals surface area contributed by atoms with Crippen LogP contribution in [0.4, 0.5) is 5.13 Å². The van der Waals surface area contributed by atoms with Gasteiger partial charge in [-0.05, 0) is 57.5 Å². The molecule has 1 unspecified atom stereocenters. The van der Waals surface area contributed by atoms with Crippen molar-refractivity contribution in [2.45, 2.75) is 55.3 Å². The fraction of sp³-hybridized carbons (Fsp3) is 0.304. The molecule has 4 rings (SSSR count). The topological polar surface area (TPSA) is 72.7 Å². The average molecular weight is 484 g/mol. The van der Waals surface area contributed by atoms with Gasteiger partial charge in [0.25, 0.3) is 0 Å². The minimum atomic E-state index is -0.323. The van der Waals surface area contributed by atoms with Crippen LogP contribution in [-0.2, 0) is 17.1 Å². The van der Waals surface area contributed by atoms with E-state index in [1.165, 1.54) is 39.1 Å². The van der Waals surface area contributed by atoms with Crippen LogP contribution in [-0.4, -0.2) is 30.9 Å². The van der Waals surface area contributed by atoms with Gasteiger partial charge in [0, 0.05) is 11.4 Å². The zero-order valence-electron chi connectivity index (χ0n) is 18.5. The molecule has 2 aromatic heterocycles. The van der Waals surface area contributed by atoms with Crippen molar-refractivity contribution in [3.05, 3.63) is 59.4 Å². The van der Waals surface area contributed by atoms with E-state index in [0.717, 1.165) is 33.5 Å². The van der Waals surface area contributed by atoms with E-state index in [0.29, 0.717) is 5.13 Å². The average Bonchev–Trinajstić information content (AvgIpc) is 3.35. The third-order valence-corrected chi connectivity index (χ3v) is 7.95. The number of rotatable bonds is 8. The van der Waals surface area contributed by atoms with E-state index in [4.69, 9.17) is 0 Å². The van der Waals surface area contributed by atoms with Crippen molar-refractivity contribution in [2.75, 3.05) is 5.32 Å². The molecule has 0 bridgehead atoms. The standard InChI is InChI=1S/C23H25N5OS3/c1-5-28-20(13-30-17-9-6-14(2)7-10-17)26-27-23(28)31-16(4)21(29)25-22-24-18-11-8-15(3)12-19(18)32-22/h6-12,16H,5,13H2,1-4H3,(H,24,25,29). The van der Waals surface area contributed by atoms with Crippen LogP contribution in [0.2, 0.25) is 0 Å². The van der Waals surface area contributed by atoms with Gasteiger partial charge in [0.1, 0.15) is 5.82 Å². The number of thiazole rings is 1. The van der Waals surface area contributed by atoms with Crippen LogP contribution in [0.15, 0.2) is 52.5 Å². The van der Waals surface area contributed by atoms with Crippen molar-refractivity contribution < 1.29 is 4.79 Å². The number of aryl methyl sites for hydroxylation is 2. The third kappa shape index (κ3) is 5.33. The Morgan fingerprint density at radius 3 is 2.62 bits per heavy atom. The monoisotopic (exact) mass is 483 g/mol. The second-order valence-electron chi connectivity index (χ2n) is 7.48. The van der Waals surface area contributed by atoms with E-state index in [-0.39, 0.29) is 11.2 Å². The molecule has 9 heteroatoms. The number of hydrogen-bond acceptors (Lipinski definition) is 7. The molecule has 0 aliphatic rings. The second kappa shape index (κ2) is 10.1. The molecule has 2 aromatic carbocycles. The van der Waals surface area contributed by atoms with E-state index < -0.39 is 0 Å². The summed E-state index contributed by atoms with van der Waals surface area (Å²) in [6.45, 7) is 8.84. The Hall–Kier alpha value is -2.36. The van der Waals surface area contributed by atoms with Crippen LogP contribution in [0.5, 0.6) is 0 Å². The van der Waals surface area contributed by atoms with Crippen LogP contribution >= 0.6 is 34.9 Å². The molecule has 0 fully saturated rings. The summed E-state index contributed by atoms with van der Waals surface area (Å²) >= 11 is 4.65. The van der Waals surface area contributed by atoms with Crippen molar-refractivity contribution in [3.63, 3.8) is 0 Å². The second-order valence-corrected chi connectivity index (χ2v) is 10.9. The van der Waals surface area contributed by atoms with Gasteiger partial charge < -0.3 is 9.88 Å². The van der Waals surface area contributed by atoms with Crippen LogP contribution < -0.4 is 5.32 Å². The molecule has 166 valence electrons. The lowest BCUT2D eigenvalue weighted by Crippen LogP contribution is -2.22. The number of nitrogens with zero attached hydrogens (tertiary/aromatic N) is 4. The highest BCUT2D eigenvalue weighted by Crippen LogP contribution is 2.29. The molecular formula is C23H25N5OS3. The zero-order valence-corrected chi connectivity index (χ0v) is 20.9. The van der Waals surface area contributed by atoms with Gasteiger partial charge in [-0.1, -0.05) is 46.9 Å². The molecule has 32 heavy (non-hydrogen) atoms. The summed E-state index contributed by atoms with van der Waals surface area (Å²) in [6, 6.07) is 14.6. The number of benzene rings is 2. The molecule has 0 aliphatic carbocycles. The fourth-order valence-electron chi connectivity index (χ4n) is 3.12. The first-order chi connectivity index (χ1) is 15.4. The van der Waals surface area contributed by atoms with Gasteiger partial charge in [0.15, 0.2) is 10.3 Å². The van der Waals surface area contributed by atoms with Crippen molar-refractivity contribution in [1.82, 2.24) is 19.7 Å². The molecule has 0 spiro atoms. The zero-order chi connectivity index (χ0) is 22.7. The Morgan fingerprint density at radius 2 is 1.88 bits per heavy atom. The lowest BCUT2D eigenvalue weighted by Gasteiger charge is -2.11. The summed E-state index contributed by atoms with van der Waals surface area (Å²) in [4.78, 5) is 18.5. The summed E-state index contributed by atoms with van der Waals surface area (Å²) < 4.78 is 3.15. The molecule has 6 nitrogen and oxygen atoms in total. The summed E-state index contributed by atoms with van der Waals surface area (Å²) in [5.41, 5.74) is 3.33. The Morgan fingerprint density at radius 1 is 1.12 bits per heavy atom. The van der Waals surface area contributed by atoms with Gasteiger partial charge in [0.05, 0.1) is 21.2 Å².